The van der Waals surface area contributed by atoms with Gasteiger partial charge >= 0.3 is 0 Å². The summed E-state index contributed by atoms with van der Waals surface area (Å²) in [5, 5.41) is 0. The molecule has 0 radical (unpaired) electrons. The van der Waals surface area contributed by atoms with E-state index in [1.54, 1.807) is 0 Å². The first-order valence-corrected chi connectivity index (χ1v) is 4.04. The molecule has 0 spiro atoms. The Labute approximate surface area is 59.7 Å². The monoisotopic (exact) mass is 128 g/mol. The molecule has 0 N–H and O–H groups in total. The minimum absolute atomic E-state index is 0.833. The molecule has 1 aliphatic carbocycles. The summed E-state index contributed by atoms with van der Waals surface area (Å²) in [5.41, 5.74) is 0. The standard InChI is InChI=1S/C5H10.C4H10/c1-4-3-5(4)2;1-4(2)3/h4-5H,3H2,1-2H3;4H,1-3H3. The van der Waals surface area contributed by atoms with Crippen LogP contribution in [0, 0.1) is 17.8 Å². The lowest BCUT2D eigenvalue weighted by atomic mass is 10.3. The SMILES string of the molecule is CC(C)C.CC1CC1C. The van der Waals surface area contributed by atoms with Crippen LogP contribution in [0.3, 0.4) is 0 Å². The molecule has 1 saturated carbocycles. The zero-order valence-electron chi connectivity index (χ0n) is 7.44. The minimum Gasteiger partial charge on any atom is -0.0630 e. The Morgan fingerprint density at radius 1 is 1.00 bits per heavy atom. The van der Waals surface area contributed by atoms with Gasteiger partial charge in [0.2, 0.25) is 0 Å². The predicted octanol–water partition coefficient (Wildman–Crippen LogP) is 3.32. The molecule has 0 bridgehead atoms. The van der Waals surface area contributed by atoms with Crippen LogP contribution >= 0.6 is 0 Å². The van der Waals surface area contributed by atoms with Crippen molar-refractivity contribution in [3.63, 3.8) is 0 Å². The molecule has 2 atom stereocenters. The highest BCUT2D eigenvalue weighted by molar-refractivity contribution is 4.76. The third-order valence-electron chi connectivity index (χ3n) is 1.51. The van der Waals surface area contributed by atoms with Crippen LogP contribution in [0.1, 0.15) is 41.0 Å². The molecule has 56 valence electrons. The molecule has 0 amide bonds. The molecule has 0 aromatic heterocycles. The fourth-order valence-corrected chi connectivity index (χ4v) is 0.508. The van der Waals surface area contributed by atoms with Crippen molar-refractivity contribution in [3.05, 3.63) is 0 Å². The summed E-state index contributed by atoms with van der Waals surface area (Å²) in [6.45, 7) is 11.1. The number of hydrogen-bond acceptors (Lipinski definition) is 0. The van der Waals surface area contributed by atoms with Gasteiger partial charge in [-0.15, -0.1) is 0 Å². The molecule has 0 saturated heterocycles. The quantitative estimate of drug-likeness (QED) is 0.469. The van der Waals surface area contributed by atoms with E-state index in [1.807, 2.05) is 0 Å². The van der Waals surface area contributed by atoms with Gasteiger partial charge in [0.1, 0.15) is 0 Å². The fraction of sp³-hybridized carbons (Fsp3) is 1.00. The molecule has 0 aromatic carbocycles. The van der Waals surface area contributed by atoms with Crippen molar-refractivity contribution in [1.29, 1.82) is 0 Å². The molecule has 0 heteroatoms. The lowest BCUT2D eigenvalue weighted by Gasteiger charge is -1.79. The van der Waals surface area contributed by atoms with E-state index in [9.17, 15) is 0 Å². The van der Waals surface area contributed by atoms with Crippen LogP contribution in [0.25, 0.3) is 0 Å². The number of rotatable bonds is 0. The highest BCUT2D eigenvalue weighted by Gasteiger charge is 2.26. The maximum absolute atomic E-state index is 2.30. The van der Waals surface area contributed by atoms with E-state index in [2.05, 4.69) is 34.6 Å². The molecular weight excluding hydrogens is 108 g/mol. The smallest absolute Gasteiger partial charge is 0.0414 e. The van der Waals surface area contributed by atoms with E-state index >= 15 is 0 Å². The maximum Gasteiger partial charge on any atom is -0.0414 e. The molecule has 2 unspecified atom stereocenters. The minimum atomic E-state index is 0.833. The van der Waals surface area contributed by atoms with Gasteiger partial charge in [-0.25, -0.2) is 0 Å². The molecule has 0 heterocycles. The Morgan fingerprint density at radius 3 is 1.11 bits per heavy atom. The topological polar surface area (TPSA) is 0 Å². The van der Waals surface area contributed by atoms with Crippen LogP contribution in [-0.4, -0.2) is 0 Å². The van der Waals surface area contributed by atoms with Gasteiger partial charge in [0, 0.05) is 0 Å². The van der Waals surface area contributed by atoms with Crippen LogP contribution in [0.2, 0.25) is 0 Å². The maximum atomic E-state index is 2.30. The van der Waals surface area contributed by atoms with E-state index in [-0.39, 0.29) is 0 Å². The van der Waals surface area contributed by atoms with Crippen molar-refractivity contribution >= 4 is 0 Å². The molecule has 1 fully saturated rings. The predicted molar refractivity (Wildman–Crippen MR) is 43.5 cm³/mol. The molecular formula is C9H20. The normalized spacial score (nSPS) is 31.3. The van der Waals surface area contributed by atoms with Gasteiger partial charge in [0.25, 0.3) is 0 Å². The molecule has 1 rings (SSSR count). The van der Waals surface area contributed by atoms with E-state index in [1.165, 1.54) is 6.42 Å². The summed E-state index contributed by atoms with van der Waals surface area (Å²) in [4.78, 5) is 0. The summed E-state index contributed by atoms with van der Waals surface area (Å²) in [6.07, 6.45) is 1.47. The van der Waals surface area contributed by atoms with Crippen molar-refractivity contribution in [2.24, 2.45) is 17.8 Å². The first kappa shape index (κ1) is 9.00. The molecule has 0 nitrogen and oxygen atoms in total. The van der Waals surface area contributed by atoms with Crippen molar-refractivity contribution in [1.82, 2.24) is 0 Å². The van der Waals surface area contributed by atoms with E-state index in [0.29, 0.717) is 0 Å². The first-order valence-electron chi connectivity index (χ1n) is 4.04. The van der Waals surface area contributed by atoms with Gasteiger partial charge in [0.15, 0.2) is 0 Å². The van der Waals surface area contributed by atoms with Crippen LogP contribution in [-0.2, 0) is 0 Å². The van der Waals surface area contributed by atoms with Gasteiger partial charge in [0.05, 0.1) is 0 Å². The Balaban J connectivity index is 0.000000148. The number of hydrogen-bond donors (Lipinski definition) is 0. The summed E-state index contributed by atoms with van der Waals surface area (Å²) < 4.78 is 0. The van der Waals surface area contributed by atoms with Crippen molar-refractivity contribution in [2.75, 3.05) is 0 Å². The summed E-state index contributed by atoms with van der Waals surface area (Å²) >= 11 is 0. The Hall–Kier alpha value is 0. The lowest BCUT2D eigenvalue weighted by Crippen LogP contribution is -1.66. The Morgan fingerprint density at radius 2 is 1.11 bits per heavy atom. The van der Waals surface area contributed by atoms with Crippen LogP contribution in [0.5, 0.6) is 0 Å². The van der Waals surface area contributed by atoms with Gasteiger partial charge < -0.3 is 0 Å². The molecule has 0 aromatic rings. The lowest BCUT2D eigenvalue weighted by molar-refractivity contribution is 0.737. The second kappa shape index (κ2) is 3.92. The van der Waals surface area contributed by atoms with E-state index in [4.69, 9.17) is 0 Å². The second-order valence-electron chi connectivity index (χ2n) is 3.92. The highest BCUT2D eigenvalue weighted by Crippen LogP contribution is 2.36. The van der Waals surface area contributed by atoms with Crippen molar-refractivity contribution in [2.45, 2.75) is 41.0 Å². The third kappa shape index (κ3) is 8.00. The first-order chi connectivity index (χ1) is 4.04. The van der Waals surface area contributed by atoms with Crippen molar-refractivity contribution in [3.8, 4) is 0 Å². The molecule has 9 heavy (non-hydrogen) atoms. The Bertz CT molecular complexity index is 55.7. The van der Waals surface area contributed by atoms with Crippen LogP contribution < -0.4 is 0 Å². The largest absolute Gasteiger partial charge is 0.0630 e. The van der Waals surface area contributed by atoms with Crippen molar-refractivity contribution < 1.29 is 0 Å². The van der Waals surface area contributed by atoms with E-state index in [0.717, 1.165) is 17.8 Å². The zero-order valence-corrected chi connectivity index (χ0v) is 7.44. The summed E-state index contributed by atoms with van der Waals surface area (Å²) in [7, 11) is 0. The average molecular weight is 128 g/mol. The van der Waals surface area contributed by atoms with Gasteiger partial charge in [-0.05, 0) is 24.2 Å². The van der Waals surface area contributed by atoms with Gasteiger partial charge in [-0.1, -0.05) is 34.6 Å². The molecule has 1 aliphatic rings. The zero-order chi connectivity index (χ0) is 7.44. The van der Waals surface area contributed by atoms with Crippen LogP contribution in [0.4, 0.5) is 0 Å². The second-order valence-corrected chi connectivity index (χ2v) is 3.92. The fourth-order valence-electron chi connectivity index (χ4n) is 0.508. The molecule has 0 aliphatic heterocycles. The van der Waals surface area contributed by atoms with E-state index < -0.39 is 0 Å². The average Bonchev–Trinajstić information content (AvgIpc) is 2.16. The highest BCUT2D eigenvalue weighted by atomic mass is 14.3. The van der Waals surface area contributed by atoms with Crippen LogP contribution in [0.15, 0.2) is 0 Å². The van der Waals surface area contributed by atoms with Gasteiger partial charge in [-0.3, -0.25) is 0 Å². The third-order valence-corrected chi connectivity index (χ3v) is 1.51. The Kier molecular flexibility index (Phi) is 3.92. The summed E-state index contributed by atoms with van der Waals surface area (Å²) in [5.74, 6) is 2.94. The van der Waals surface area contributed by atoms with Gasteiger partial charge in [-0.2, -0.15) is 0 Å². The summed E-state index contributed by atoms with van der Waals surface area (Å²) in [6, 6.07) is 0.